The molecule has 0 saturated heterocycles. The summed E-state index contributed by atoms with van der Waals surface area (Å²) >= 11 is 0. The second-order valence-electron chi connectivity index (χ2n) is 4.92. The number of rotatable bonds is 8. The molecule has 1 aromatic carbocycles. The van der Waals surface area contributed by atoms with Gasteiger partial charge >= 0.3 is 5.97 Å². The molecular formula is C17H25NO3. The summed E-state index contributed by atoms with van der Waals surface area (Å²) in [5.74, 6) is -0.500. The van der Waals surface area contributed by atoms with Crippen molar-refractivity contribution in [3.05, 3.63) is 35.4 Å². The van der Waals surface area contributed by atoms with Crippen molar-refractivity contribution in [3.8, 4) is 0 Å². The van der Waals surface area contributed by atoms with Gasteiger partial charge in [0, 0.05) is 12.1 Å². The van der Waals surface area contributed by atoms with Gasteiger partial charge in [-0.3, -0.25) is 9.59 Å². The summed E-state index contributed by atoms with van der Waals surface area (Å²) in [5, 5.41) is 0. The van der Waals surface area contributed by atoms with Gasteiger partial charge in [0.15, 0.2) is 0 Å². The first-order chi connectivity index (χ1) is 10.1. The number of carbonyl (C=O) groups excluding carboxylic acids is 2. The van der Waals surface area contributed by atoms with E-state index in [1.165, 1.54) is 10.5 Å². The molecule has 0 aromatic heterocycles. The Morgan fingerprint density at radius 2 is 1.76 bits per heavy atom. The Hall–Kier alpha value is -1.84. The van der Waals surface area contributed by atoms with E-state index < -0.39 is 0 Å². The first-order valence-electron chi connectivity index (χ1n) is 7.66. The molecule has 0 saturated carbocycles. The number of likely N-dealkylation sites (N-methyl/N-ethyl adjacent to an activating group) is 1. The molecule has 0 aliphatic heterocycles. The van der Waals surface area contributed by atoms with Crippen LogP contribution in [0.25, 0.3) is 0 Å². The third-order valence-electron chi connectivity index (χ3n) is 3.31. The molecule has 1 aromatic rings. The maximum atomic E-state index is 12.4. The lowest BCUT2D eigenvalue weighted by Crippen LogP contribution is -2.36. The Kier molecular flexibility index (Phi) is 7.51. The van der Waals surface area contributed by atoms with Crippen molar-refractivity contribution in [2.24, 2.45) is 0 Å². The highest BCUT2D eigenvalue weighted by molar-refractivity contribution is 5.96. The summed E-state index contributed by atoms with van der Waals surface area (Å²) in [6.45, 7) is 6.58. The molecule has 0 heterocycles. The number of nitrogens with zero attached hydrogens (tertiary/aromatic N) is 1. The first kappa shape index (κ1) is 17.2. The molecule has 0 bridgehead atoms. The van der Waals surface area contributed by atoms with E-state index in [1.807, 2.05) is 31.2 Å². The largest absolute Gasteiger partial charge is 0.465 e. The van der Waals surface area contributed by atoms with Crippen LogP contribution in [0, 0.1) is 0 Å². The van der Waals surface area contributed by atoms with Gasteiger partial charge in [-0.2, -0.15) is 0 Å². The van der Waals surface area contributed by atoms with Crippen LogP contribution in [-0.4, -0.2) is 36.5 Å². The number of unbranched alkanes of at least 4 members (excludes halogenated alkanes) is 1. The lowest BCUT2D eigenvalue weighted by Gasteiger charge is -2.19. The highest BCUT2D eigenvalue weighted by Gasteiger charge is 2.17. The van der Waals surface area contributed by atoms with E-state index in [4.69, 9.17) is 4.74 Å². The monoisotopic (exact) mass is 291 g/mol. The summed E-state index contributed by atoms with van der Waals surface area (Å²) < 4.78 is 4.89. The average Bonchev–Trinajstić information content (AvgIpc) is 2.50. The van der Waals surface area contributed by atoms with Gasteiger partial charge in [-0.1, -0.05) is 25.5 Å². The van der Waals surface area contributed by atoms with Crippen molar-refractivity contribution in [2.45, 2.75) is 40.0 Å². The third kappa shape index (κ3) is 5.58. The third-order valence-corrected chi connectivity index (χ3v) is 3.31. The summed E-state index contributed by atoms with van der Waals surface area (Å²) in [6, 6.07) is 7.64. The molecule has 0 spiro atoms. The van der Waals surface area contributed by atoms with Gasteiger partial charge in [-0.25, -0.2) is 0 Å². The molecule has 4 heteroatoms. The molecule has 0 aliphatic rings. The van der Waals surface area contributed by atoms with Crippen LogP contribution in [0.15, 0.2) is 24.3 Å². The predicted molar refractivity (Wildman–Crippen MR) is 83.3 cm³/mol. The minimum atomic E-state index is -0.368. The summed E-state index contributed by atoms with van der Waals surface area (Å²) in [6.07, 6.45) is 3.34. The molecule has 0 aliphatic carbocycles. The van der Waals surface area contributed by atoms with Crippen LogP contribution in [0.4, 0.5) is 0 Å². The van der Waals surface area contributed by atoms with Gasteiger partial charge in [-0.05, 0) is 44.4 Å². The molecule has 4 nitrogen and oxygen atoms in total. The number of hydrogen-bond acceptors (Lipinski definition) is 3. The number of esters is 1. The summed E-state index contributed by atoms with van der Waals surface area (Å²) in [5.41, 5.74) is 1.85. The first-order valence-corrected chi connectivity index (χ1v) is 7.66. The second kappa shape index (κ2) is 9.16. The fraction of sp³-hybridized carbons (Fsp3) is 0.529. The topological polar surface area (TPSA) is 46.6 Å². The molecule has 0 atom stereocenters. The maximum Gasteiger partial charge on any atom is 0.325 e. The Bertz CT molecular complexity index is 454. The van der Waals surface area contributed by atoms with Gasteiger partial charge in [0.25, 0.3) is 5.91 Å². The number of carbonyl (C=O) groups is 2. The van der Waals surface area contributed by atoms with E-state index in [0.717, 1.165) is 19.3 Å². The van der Waals surface area contributed by atoms with Crippen molar-refractivity contribution in [1.29, 1.82) is 0 Å². The zero-order valence-electron chi connectivity index (χ0n) is 13.2. The van der Waals surface area contributed by atoms with Gasteiger partial charge in [0.2, 0.25) is 0 Å². The SMILES string of the molecule is CCCCc1ccc(C(=O)N(CC)CC(=O)OCC)cc1. The van der Waals surface area contributed by atoms with Crippen LogP contribution < -0.4 is 0 Å². The Balaban J connectivity index is 2.69. The number of ether oxygens (including phenoxy) is 1. The van der Waals surface area contributed by atoms with Crippen LogP contribution in [0.1, 0.15) is 49.5 Å². The zero-order valence-corrected chi connectivity index (χ0v) is 13.2. The molecule has 0 unspecified atom stereocenters. The van der Waals surface area contributed by atoms with Crippen molar-refractivity contribution in [3.63, 3.8) is 0 Å². The van der Waals surface area contributed by atoms with Crippen molar-refractivity contribution in [2.75, 3.05) is 19.7 Å². The number of aryl methyl sites for hydroxylation is 1. The van der Waals surface area contributed by atoms with Gasteiger partial charge in [0.05, 0.1) is 6.61 Å². The van der Waals surface area contributed by atoms with Gasteiger partial charge < -0.3 is 9.64 Å². The predicted octanol–water partition coefficient (Wildman–Crippen LogP) is 3.05. The minimum absolute atomic E-state index is 0.000753. The van der Waals surface area contributed by atoms with E-state index in [0.29, 0.717) is 18.7 Å². The molecule has 0 N–H and O–H groups in total. The van der Waals surface area contributed by atoms with Crippen molar-refractivity contribution in [1.82, 2.24) is 4.90 Å². The Labute approximate surface area is 127 Å². The van der Waals surface area contributed by atoms with Crippen LogP contribution in [0.5, 0.6) is 0 Å². The molecule has 0 radical (unpaired) electrons. The summed E-state index contributed by atoms with van der Waals surface area (Å²) in [4.78, 5) is 25.4. The second-order valence-corrected chi connectivity index (χ2v) is 4.92. The average molecular weight is 291 g/mol. The van der Waals surface area contributed by atoms with Crippen LogP contribution in [-0.2, 0) is 16.0 Å². The molecular weight excluding hydrogens is 266 g/mol. The van der Waals surface area contributed by atoms with E-state index in [2.05, 4.69) is 6.92 Å². The lowest BCUT2D eigenvalue weighted by atomic mass is 10.1. The van der Waals surface area contributed by atoms with Crippen LogP contribution in [0.3, 0.4) is 0 Å². The quantitative estimate of drug-likeness (QED) is 0.692. The van der Waals surface area contributed by atoms with E-state index >= 15 is 0 Å². The van der Waals surface area contributed by atoms with Crippen molar-refractivity contribution >= 4 is 11.9 Å². The highest BCUT2D eigenvalue weighted by Crippen LogP contribution is 2.10. The lowest BCUT2D eigenvalue weighted by molar-refractivity contribution is -0.143. The zero-order chi connectivity index (χ0) is 15.7. The molecule has 1 amide bonds. The summed E-state index contributed by atoms with van der Waals surface area (Å²) in [7, 11) is 0. The van der Waals surface area contributed by atoms with E-state index in [9.17, 15) is 9.59 Å². The molecule has 1 rings (SSSR count). The number of amides is 1. The Morgan fingerprint density at radius 1 is 1.10 bits per heavy atom. The molecule has 0 fully saturated rings. The van der Waals surface area contributed by atoms with Crippen LogP contribution >= 0.6 is 0 Å². The van der Waals surface area contributed by atoms with Gasteiger partial charge in [0.1, 0.15) is 6.54 Å². The van der Waals surface area contributed by atoms with E-state index in [1.54, 1.807) is 6.92 Å². The smallest absolute Gasteiger partial charge is 0.325 e. The highest BCUT2D eigenvalue weighted by atomic mass is 16.5. The Morgan fingerprint density at radius 3 is 2.29 bits per heavy atom. The van der Waals surface area contributed by atoms with Crippen molar-refractivity contribution < 1.29 is 14.3 Å². The minimum Gasteiger partial charge on any atom is -0.465 e. The number of benzene rings is 1. The fourth-order valence-corrected chi connectivity index (χ4v) is 2.07. The van der Waals surface area contributed by atoms with Gasteiger partial charge in [-0.15, -0.1) is 0 Å². The molecule has 116 valence electrons. The maximum absolute atomic E-state index is 12.4. The van der Waals surface area contributed by atoms with E-state index in [-0.39, 0.29) is 18.4 Å². The molecule has 21 heavy (non-hydrogen) atoms. The van der Waals surface area contributed by atoms with Crippen LogP contribution in [0.2, 0.25) is 0 Å². The fourth-order valence-electron chi connectivity index (χ4n) is 2.07. The number of hydrogen-bond donors (Lipinski definition) is 0. The normalized spacial score (nSPS) is 10.2. The standard InChI is InChI=1S/C17H25NO3/c1-4-7-8-14-9-11-15(12-10-14)17(20)18(5-2)13-16(19)21-6-3/h9-12H,4-8,13H2,1-3H3.